The summed E-state index contributed by atoms with van der Waals surface area (Å²) in [6, 6.07) is 17.7. The maximum atomic E-state index is 12.8. The molecule has 1 heterocycles. The fourth-order valence-corrected chi connectivity index (χ4v) is 2.95. The van der Waals surface area contributed by atoms with Crippen LogP contribution in [0.2, 0.25) is 0 Å². The van der Waals surface area contributed by atoms with Gasteiger partial charge in [-0.15, -0.1) is 13.2 Å². The molecule has 0 radical (unpaired) electrons. The van der Waals surface area contributed by atoms with Gasteiger partial charge in [0.1, 0.15) is 11.3 Å². The lowest BCUT2D eigenvalue weighted by atomic mass is 10.1. The van der Waals surface area contributed by atoms with E-state index in [1.165, 1.54) is 46.8 Å². The van der Waals surface area contributed by atoms with Crippen molar-refractivity contribution in [1.29, 1.82) is 0 Å². The predicted molar refractivity (Wildman–Crippen MR) is 105 cm³/mol. The first kappa shape index (κ1) is 21.2. The molecule has 3 rings (SSSR count). The maximum absolute atomic E-state index is 12.8. The van der Waals surface area contributed by atoms with Crippen LogP contribution in [-0.4, -0.2) is 28.8 Å². The summed E-state index contributed by atoms with van der Waals surface area (Å²) in [4.78, 5) is 26.8. The largest absolute Gasteiger partial charge is 0.573 e. The molecular formula is C22H19F3N2O3. The molecule has 0 aliphatic heterocycles. The van der Waals surface area contributed by atoms with Crippen LogP contribution >= 0.6 is 0 Å². The first-order chi connectivity index (χ1) is 14.2. The highest BCUT2D eigenvalue weighted by Gasteiger charge is 2.31. The molecule has 8 heteroatoms. The molecule has 0 fully saturated rings. The number of amides is 1. The minimum atomic E-state index is -4.76. The van der Waals surface area contributed by atoms with Gasteiger partial charge in [0.25, 0.3) is 11.5 Å². The van der Waals surface area contributed by atoms with Crippen LogP contribution in [0.4, 0.5) is 13.2 Å². The summed E-state index contributed by atoms with van der Waals surface area (Å²) < 4.78 is 42.0. The Hall–Kier alpha value is -3.55. The second-order valence-corrected chi connectivity index (χ2v) is 6.69. The summed E-state index contributed by atoms with van der Waals surface area (Å²) in [5.41, 5.74) is 1.14. The summed E-state index contributed by atoms with van der Waals surface area (Å²) in [6.07, 6.45) is -3.15. The zero-order valence-corrected chi connectivity index (χ0v) is 16.1. The van der Waals surface area contributed by atoms with Crippen LogP contribution in [0.3, 0.4) is 0 Å². The number of alkyl halides is 3. The SMILES string of the molecule is CN(Cc1ccc(OC(F)(F)F)cc1)C(=O)c1cccn(Cc2ccccc2)c1=O. The minimum Gasteiger partial charge on any atom is -0.406 e. The predicted octanol–water partition coefficient (Wildman–Crippen LogP) is 4.07. The Kier molecular flexibility index (Phi) is 6.25. The second kappa shape index (κ2) is 8.86. The number of carbonyl (C=O) groups is 1. The number of aromatic nitrogens is 1. The number of hydrogen-bond donors (Lipinski definition) is 0. The molecule has 5 nitrogen and oxygen atoms in total. The van der Waals surface area contributed by atoms with Gasteiger partial charge in [0.2, 0.25) is 0 Å². The Balaban J connectivity index is 1.72. The highest BCUT2D eigenvalue weighted by molar-refractivity contribution is 5.93. The highest BCUT2D eigenvalue weighted by Crippen LogP contribution is 2.23. The van der Waals surface area contributed by atoms with Crippen molar-refractivity contribution < 1.29 is 22.7 Å². The quantitative estimate of drug-likeness (QED) is 0.609. The Morgan fingerprint density at radius 3 is 2.27 bits per heavy atom. The van der Waals surface area contributed by atoms with E-state index in [2.05, 4.69) is 4.74 Å². The minimum absolute atomic E-state index is 0.0213. The second-order valence-electron chi connectivity index (χ2n) is 6.69. The number of carbonyl (C=O) groups excluding carboxylic acids is 1. The smallest absolute Gasteiger partial charge is 0.406 e. The van der Waals surface area contributed by atoms with Crippen molar-refractivity contribution in [2.24, 2.45) is 0 Å². The summed E-state index contributed by atoms with van der Waals surface area (Å²) in [5.74, 6) is -0.815. The van der Waals surface area contributed by atoms with E-state index < -0.39 is 17.8 Å². The van der Waals surface area contributed by atoms with Gasteiger partial charge in [-0.3, -0.25) is 9.59 Å². The molecule has 0 unspecified atom stereocenters. The lowest BCUT2D eigenvalue weighted by Crippen LogP contribution is -2.34. The van der Waals surface area contributed by atoms with E-state index in [1.807, 2.05) is 30.3 Å². The molecular weight excluding hydrogens is 397 g/mol. The fourth-order valence-electron chi connectivity index (χ4n) is 2.95. The number of halogens is 3. The molecule has 30 heavy (non-hydrogen) atoms. The third-order valence-corrected chi connectivity index (χ3v) is 4.37. The molecule has 0 N–H and O–H groups in total. The standard InChI is InChI=1S/C22H19F3N2O3/c1-26(14-17-9-11-18(12-10-17)30-22(23,24)25)20(28)19-8-5-13-27(21(19)29)15-16-6-3-2-4-7-16/h2-13H,14-15H2,1H3. The maximum Gasteiger partial charge on any atom is 0.573 e. The summed E-state index contributed by atoms with van der Waals surface area (Å²) in [7, 11) is 1.52. The normalized spacial score (nSPS) is 11.2. The van der Waals surface area contributed by atoms with Crippen molar-refractivity contribution >= 4 is 5.91 Å². The average molecular weight is 416 g/mol. The van der Waals surface area contributed by atoms with E-state index in [0.717, 1.165) is 5.56 Å². The van der Waals surface area contributed by atoms with E-state index in [9.17, 15) is 22.8 Å². The zero-order valence-electron chi connectivity index (χ0n) is 16.1. The lowest BCUT2D eigenvalue weighted by Gasteiger charge is -2.18. The summed E-state index contributed by atoms with van der Waals surface area (Å²) in [6.45, 7) is 0.462. The van der Waals surface area contributed by atoms with Gasteiger partial charge in [-0.25, -0.2) is 0 Å². The third-order valence-electron chi connectivity index (χ3n) is 4.37. The molecule has 1 aromatic heterocycles. The molecule has 3 aromatic rings. The Morgan fingerprint density at radius 1 is 0.967 bits per heavy atom. The molecule has 0 spiro atoms. The van der Waals surface area contributed by atoms with Crippen molar-refractivity contribution in [3.63, 3.8) is 0 Å². The molecule has 0 atom stereocenters. The van der Waals surface area contributed by atoms with Crippen molar-refractivity contribution in [2.75, 3.05) is 7.05 Å². The van der Waals surface area contributed by atoms with E-state index in [0.29, 0.717) is 12.1 Å². The van der Waals surface area contributed by atoms with Crippen LogP contribution in [0.25, 0.3) is 0 Å². The first-order valence-electron chi connectivity index (χ1n) is 9.06. The van der Waals surface area contributed by atoms with E-state index >= 15 is 0 Å². The highest BCUT2D eigenvalue weighted by atomic mass is 19.4. The Morgan fingerprint density at radius 2 is 1.63 bits per heavy atom. The van der Waals surface area contributed by atoms with Gasteiger partial charge < -0.3 is 14.2 Å². The Labute approximate surface area is 170 Å². The number of ether oxygens (including phenoxy) is 1. The van der Waals surface area contributed by atoms with Gasteiger partial charge in [0, 0.05) is 19.8 Å². The topological polar surface area (TPSA) is 51.5 Å². The zero-order chi connectivity index (χ0) is 21.7. The molecule has 0 aliphatic rings. The molecule has 156 valence electrons. The van der Waals surface area contributed by atoms with Crippen LogP contribution in [-0.2, 0) is 13.1 Å². The molecule has 1 amide bonds. The van der Waals surface area contributed by atoms with E-state index in [1.54, 1.807) is 12.3 Å². The molecule has 0 aliphatic carbocycles. The first-order valence-corrected chi connectivity index (χ1v) is 9.06. The molecule has 0 saturated heterocycles. The molecule has 0 saturated carbocycles. The van der Waals surface area contributed by atoms with Crippen LogP contribution in [0, 0.1) is 0 Å². The van der Waals surface area contributed by atoms with Crippen molar-refractivity contribution in [1.82, 2.24) is 9.47 Å². The van der Waals surface area contributed by atoms with Crippen LogP contribution in [0.5, 0.6) is 5.75 Å². The van der Waals surface area contributed by atoms with Gasteiger partial charge >= 0.3 is 6.36 Å². The summed E-state index contributed by atoms with van der Waals surface area (Å²) in [5, 5.41) is 0. The van der Waals surface area contributed by atoms with Crippen LogP contribution < -0.4 is 10.3 Å². The monoisotopic (exact) mass is 416 g/mol. The number of pyridine rings is 1. The number of benzene rings is 2. The Bertz CT molecular complexity index is 1060. The van der Waals surface area contributed by atoms with E-state index in [4.69, 9.17) is 0 Å². The van der Waals surface area contributed by atoms with Crippen LogP contribution in [0.15, 0.2) is 77.7 Å². The number of rotatable bonds is 6. The fraction of sp³-hybridized carbons (Fsp3) is 0.182. The molecule has 2 aromatic carbocycles. The van der Waals surface area contributed by atoms with Crippen molar-refractivity contribution in [3.8, 4) is 5.75 Å². The van der Waals surface area contributed by atoms with Crippen molar-refractivity contribution in [3.05, 3.63) is 100.0 Å². The van der Waals surface area contributed by atoms with Crippen LogP contribution in [0.1, 0.15) is 21.5 Å². The number of hydrogen-bond acceptors (Lipinski definition) is 3. The summed E-state index contributed by atoms with van der Waals surface area (Å²) >= 11 is 0. The van der Waals surface area contributed by atoms with Crippen molar-refractivity contribution in [2.45, 2.75) is 19.5 Å². The van der Waals surface area contributed by atoms with Gasteiger partial charge in [-0.2, -0.15) is 0 Å². The van der Waals surface area contributed by atoms with E-state index in [-0.39, 0.29) is 17.9 Å². The number of nitrogens with zero attached hydrogens (tertiary/aromatic N) is 2. The van der Waals surface area contributed by atoms with Gasteiger partial charge in [-0.1, -0.05) is 42.5 Å². The average Bonchev–Trinajstić information content (AvgIpc) is 2.70. The third kappa shape index (κ3) is 5.50. The van der Waals surface area contributed by atoms with Gasteiger partial charge in [0.15, 0.2) is 0 Å². The van der Waals surface area contributed by atoms with Gasteiger partial charge in [-0.05, 0) is 35.4 Å². The molecule has 0 bridgehead atoms. The van der Waals surface area contributed by atoms with Gasteiger partial charge in [0.05, 0.1) is 6.54 Å². The lowest BCUT2D eigenvalue weighted by molar-refractivity contribution is -0.274.